The fourth-order valence-corrected chi connectivity index (χ4v) is 5.08. The van der Waals surface area contributed by atoms with Gasteiger partial charge in [0.15, 0.2) is 10.2 Å². The molecule has 0 aliphatic carbocycles. The fourth-order valence-electron chi connectivity index (χ4n) is 3.67. The first-order valence-electron chi connectivity index (χ1n) is 11.5. The molecular formula is C28H26N2O4S2. The SMILES string of the molecule is CCC(=O)OC1=CC(=C2C(=O)N(c3ccccc3)C(=S)N(c3ccccc3)C2=O)C=C(C(C)(C)C)S1. The van der Waals surface area contributed by atoms with Gasteiger partial charge >= 0.3 is 5.97 Å². The Morgan fingerprint density at radius 1 is 0.889 bits per heavy atom. The lowest BCUT2D eigenvalue weighted by molar-refractivity contribution is -0.138. The first-order chi connectivity index (χ1) is 17.1. The summed E-state index contributed by atoms with van der Waals surface area (Å²) < 4.78 is 5.54. The van der Waals surface area contributed by atoms with Gasteiger partial charge in [-0.2, -0.15) is 0 Å². The first kappa shape index (κ1) is 25.6. The van der Waals surface area contributed by atoms with Crippen LogP contribution >= 0.6 is 24.0 Å². The number of para-hydroxylation sites is 2. The van der Waals surface area contributed by atoms with E-state index in [9.17, 15) is 14.4 Å². The van der Waals surface area contributed by atoms with E-state index in [2.05, 4.69) is 0 Å². The second-order valence-corrected chi connectivity index (χ2v) is 10.6. The van der Waals surface area contributed by atoms with Crippen LogP contribution in [-0.2, 0) is 19.1 Å². The number of amides is 2. The van der Waals surface area contributed by atoms with E-state index in [0.29, 0.717) is 22.0 Å². The molecule has 2 aromatic carbocycles. The summed E-state index contributed by atoms with van der Waals surface area (Å²) in [5.74, 6) is -1.47. The lowest BCUT2D eigenvalue weighted by atomic mass is 9.92. The van der Waals surface area contributed by atoms with Crippen molar-refractivity contribution >= 4 is 58.3 Å². The van der Waals surface area contributed by atoms with E-state index in [0.717, 1.165) is 4.91 Å². The number of allylic oxidation sites excluding steroid dienone is 4. The van der Waals surface area contributed by atoms with Crippen LogP contribution < -0.4 is 9.80 Å². The predicted octanol–water partition coefficient (Wildman–Crippen LogP) is 6.12. The average molecular weight is 519 g/mol. The number of thioether (sulfide) groups is 1. The summed E-state index contributed by atoms with van der Waals surface area (Å²) >= 11 is 7.00. The van der Waals surface area contributed by atoms with Gasteiger partial charge in [0, 0.05) is 6.42 Å². The third-order valence-electron chi connectivity index (χ3n) is 5.55. The minimum absolute atomic E-state index is 0.0524. The summed E-state index contributed by atoms with van der Waals surface area (Å²) in [6.45, 7) is 7.77. The second kappa shape index (κ2) is 10.2. The molecule has 0 N–H and O–H groups in total. The molecule has 184 valence electrons. The molecule has 0 aromatic heterocycles. The lowest BCUT2D eigenvalue weighted by Gasteiger charge is -2.37. The molecular weight excluding hydrogens is 492 g/mol. The molecule has 1 fully saturated rings. The Hall–Kier alpha value is -3.49. The normalized spacial score (nSPS) is 16.7. The van der Waals surface area contributed by atoms with Crippen molar-refractivity contribution in [3.63, 3.8) is 0 Å². The first-order valence-corrected chi connectivity index (χ1v) is 12.7. The van der Waals surface area contributed by atoms with Crippen LogP contribution in [0.2, 0.25) is 0 Å². The molecule has 6 nitrogen and oxygen atoms in total. The lowest BCUT2D eigenvalue weighted by Crippen LogP contribution is -2.57. The molecule has 8 heteroatoms. The summed E-state index contributed by atoms with van der Waals surface area (Å²) in [7, 11) is 0. The van der Waals surface area contributed by atoms with Crippen LogP contribution in [0.5, 0.6) is 0 Å². The van der Waals surface area contributed by atoms with Crippen molar-refractivity contribution < 1.29 is 19.1 Å². The molecule has 0 atom stereocenters. The Kier molecular flexibility index (Phi) is 7.28. The number of hydrogen-bond acceptors (Lipinski definition) is 6. The summed E-state index contributed by atoms with van der Waals surface area (Å²) in [6, 6.07) is 18.0. The van der Waals surface area contributed by atoms with Crippen LogP contribution in [0.3, 0.4) is 0 Å². The highest BCUT2D eigenvalue weighted by Gasteiger charge is 2.43. The minimum Gasteiger partial charge on any atom is -0.419 e. The molecule has 0 spiro atoms. The number of nitrogens with zero attached hydrogens (tertiary/aromatic N) is 2. The molecule has 2 aliphatic heterocycles. The van der Waals surface area contributed by atoms with Crippen molar-refractivity contribution in [2.45, 2.75) is 34.1 Å². The number of ether oxygens (including phenoxy) is 1. The van der Waals surface area contributed by atoms with Crippen molar-refractivity contribution in [3.8, 4) is 0 Å². The van der Waals surface area contributed by atoms with Gasteiger partial charge < -0.3 is 4.74 Å². The highest BCUT2D eigenvalue weighted by atomic mass is 32.2. The van der Waals surface area contributed by atoms with Gasteiger partial charge in [0.1, 0.15) is 5.57 Å². The summed E-state index contributed by atoms with van der Waals surface area (Å²) in [4.78, 5) is 43.5. The monoisotopic (exact) mass is 518 g/mol. The molecule has 2 heterocycles. The van der Waals surface area contributed by atoms with Crippen LogP contribution in [0.4, 0.5) is 11.4 Å². The van der Waals surface area contributed by atoms with Crippen molar-refractivity contribution in [1.82, 2.24) is 0 Å². The summed E-state index contributed by atoms with van der Waals surface area (Å²) in [5, 5.41) is 0.390. The van der Waals surface area contributed by atoms with Crippen molar-refractivity contribution in [2.24, 2.45) is 5.41 Å². The number of carbonyl (C=O) groups excluding carboxylic acids is 3. The fraction of sp³-hybridized carbons (Fsp3) is 0.214. The second-order valence-electron chi connectivity index (χ2n) is 9.22. The number of thiocarbonyl (C=S) groups is 1. The van der Waals surface area contributed by atoms with E-state index in [1.54, 1.807) is 61.5 Å². The zero-order valence-corrected chi connectivity index (χ0v) is 22.1. The topological polar surface area (TPSA) is 66.9 Å². The van der Waals surface area contributed by atoms with Gasteiger partial charge in [-0.15, -0.1) is 0 Å². The molecule has 0 radical (unpaired) electrons. The van der Waals surface area contributed by atoms with Gasteiger partial charge in [-0.3, -0.25) is 24.2 Å². The maximum atomic E-state index is 13.9. The van der Waals surface area contributed by atoms with Gasteiger partial charge in [0.05, 0.1) is 11.4 Å². The van der Waals surface area contributed by atoms with Gasteiger partial charge in [-0.1, -0.05) is 75.9 Å². The Morgan fingerprint density at radius 3 is 1.83 bits per heavy atom. The summed E-state index contributed by atoms with van der Waals surface area (Å²) in [6.07, 6.45) is 3.60. The zero-order valence-electron chi connectivity index (χ0n) is 20.5. The van der Waals surface area contributed by atoms with Crippen molar-refractivity contribution in [1.29, 1.82) is 0 Å². The number of rotatable bonds is 4. The molecule has 1 saturated heterocycles. The van der Waals surface area contributed by atoms with E-state index in [-0.39, 0.29) is 22.5 Å². The highest BCUT2D eigenvalue weighted by molar-refractivity contribution is 8.06. The average Bonchev–Trinajstić information content (AvgIpc) is 2.84. The number of hydrogen-bond donors (Lipinski definition) is 0. The quantitative estimate of drug-likeness (QED) is 0.210. The Balaban J connectivity index is 1.95. The maximum Gasteiger partial charge on any atom is 0.311 e. The Morgan fingerprint density at radius 2 is 1.39 bits per heavy atom. The molecule has 0 unspecified atom stereocenters. The van der Waals surface area contributed by atoms with Gasteiger partial charge in [-0.25, -0.2) is 0 Å². The molecule has 2 aromatic rings. The van der Waals surface area contributed by atoms with Crippen LogP contribution in [0, 0.1) is 5.41 Å². The van der Waals surface area contributed by atoms with E-state index in [1.807, 2.05) is 39.0 Å². The molecule has 0 saturated carbocycles. The summed E-state index contributed by atoms with van der Waals surface area (Å²) in [5.41, 5.74) is 1.10. The van der Waals surface area contributed by atoms with Crippen molar-refractivity contribution in [2.75, 3.05) is 9.80 Å². The predicted molar refractivity (Wildman–Crippen MR) is 147 cm³/mol. The van der Waals surface area contributed by atoms with Crippen LogP contribution in [0.15, 0.2) is 94.0 Å². The standard InChI is InChI=1S/C28H26N2O4S2/c1-5-22(31)34-23-17-18(16-21(36-23)28(2,3)4)24-25(32)29(19-12-8-6-9-13-19)27(35)30(26(24)33)20-14-10-7-11-15-20/h6-17H,5H2,1-4H3. The van der Waals surface area contributed by atoms with Gasteiger partial charge in [0.2, 0.25) is 0 Å². The van der Waals surface area contributed by atoms with Crippen LogP contribution in [0.1, 0.15) is 34.1 Å². The molecule has 36 heavy (non-hydrogen) atoms. The number of anilines is 2. The van der Waals surface area contributed by atoms with E-state index in [4.69, 9.17) is 17.0 Å². The number of esters is 1. The molecule has 0 bridgehead atoms. The minimum atomic E-state index is -0.535. The third kappa shape index (κ3) is 5.05. The third-order valence-corrected chi connectivity index (χ3v) is 7.26. The largest absolute Gasteiger partial charge is 0.419 e. The van der Waals surface area contributed by atoms with Gasteiger partial charge in [-0.05, 0) is 64.5 Å². The molecule has 4 rings (SSSR count). The Bertz CT molecular complexity index is 1260. The number of benzene rings is 2. The maximum absolute atomic E-state index is 13.9. The van der Waals surface area contributed by atoms with Crippen LogP contribution in [-0.4, -0.2) is 22.9 Å². The number of carbonyl (C=O) groups is 3. The van der Waals surface area contributed by atoms with E-state index in [1.165, 1.54) is 21.6 Å². The molecule has 2 amide bonds. The highest BCUT2D eigenvalue weighted by Crippen LogP contribution is 2.44. The van der Waals surface area contributed by atoms with Crippen molar-refractivity contribution in [3.05, 3.63) is 94.0 Å². The van der Waals surface area contributed by atoms with Crippen LogP contribution in [0.25, 0.3) is 0 Å². The van der Waals surface area contributed by atoms with E-state index < -0.39 is 17.8 Å². The molecule has 2 aliphatic rings. The smallest absolute Gasteiger partial charge is 0.311 e. The Labute approximate surface area is 220 Å². The zero-order chi connectivity index (χ0) is 26.0. The van der Waals surface area contributed by atoms with Gasteiger partial charge in [0.25, 0.3) is 11.8 Å². The van der Waals surface area contributed by atoms with E-state index >= 15 is 0 Å².